The number of carbonyl (C=O) groups is 2. The maximum atomic E-state index is 11.8. The van der Waals surface area contributed by atoms with Crippen molar-refractivity contribution >= 4 is 12.3 Å². The summed E-state index contributed by atoms with van der Waals surface area (Å²) in [4.78, 5) is 22.4. The summed E-state index contributed by atoms with van der Waals surface area (Å²) in [5.41, 5.74) is 2.44. The topological polar surface area (TPSA) is 76.1 Å². The number of piperidine rings is 1. The molecule has 2 amide bonds. The molecule has 1 aromatic rings. The Morgan fingerprint density at radius 3 is 2.41 bits per heavy atom. The molecular formula is C15H22N4O3. The van der Waals surface area contributed by atoms with Crippen LogP contribution < -0.4 is 5.43 Å². The lowest BCUT2D eigenvalue weighted by molar-refractivity contribution is -0.216. The average Bonchev–Trinajstić information content (AvgIpc) is 2.50. The molecule has 0 radical (unpaired) electrons. The van der Waals surface area contributed by atoms with Gasteiger partial charge in [-0.05, 0) is 18.4 Å². The Kier molecular flexibility index (Phi) is 5.12. The number of amides is 2. The third kappa shape index (κ3) is 3.44. The van der Waals surface area contributed by atoms with E-state index in [0.29, 0.717) is 32.3 Å². The summed E-state index contributed by atoms with van der Waals surface area (Å²) in [6.07, 6.45) is 1.53. The zero-order valence-electron chi connectivity index (χ0n) is 12.9. The molecule has 0 bridgehead atoms. The second-order valence-electron chi connectivity index (χ2n) is 5.43. The number of hydrogen-bond donors (Lipinski definition) is 2. The number of hydrogen-bond acceptors (Lipinski definition) is 5. The number of nitrogens with one attached hydrogen (secondary N) is 1. The van der Waals surface area contributed by atoms with Crippen molar-refractivity contribution in [3.63, 3.8) is 0 Å². The van der Waals surface area contributed by atoms with Crippen LogP contribution in [0.25, 0.3) is 0 Å². The van der Waals surface area contributed by atoms with Crippen molar-refractivity contribution in [1.82, 2.24) is 20.7 Å². The number of nitrogens with zero attached hydrogens (tertiary/aromatic N) is 3. The zero-order chi connectivity index (χ0) is 16.2. The summed E-state index contributed by atoms with van der Waals surface area (Å²) in [5.74, 6) is -0.206. The highest BCUT2D eigenvalue weighted by atomic mass is 16.3. The lowest BCUT2D eigenvalue weighted by Crippen LogP contribution is -2.61. The third-order valence-electron chi connectivity index (χ3n) is 3.95. The largest absolute Gasteiger partial charge is 0.385 e. The van der Waals surface area contributed by atoms with Crippen LogP contribution in [0.15, 0.2) is 30.3 Å². The summed E-state index contributed by atoms with van der Waals surface area (Å²) in [5, 5.41) is 15.3. The Bertz CT molecular complexity index is 515. The monoisotopic (exact) mass is 306 g/mol. The van der Waals surface area contributed by atoms with E-state index in [2.05, 4.69) is 5.43 Å². The molecule has 0 aromatic heterocycles. The molecule has 1 saturated heterocycles. The fourth-order valence-corrected chi connectivity index (χ4v) is 2.82. The van der Waals surface area contributed by atoms with E-state index in [4.69, 9.17) is 0 Å². The van der Waals surface area contributed by atoms with Crippen molar-refractivity contribution in [2.75, 3.05) is 20.1 Å². The van der Waals surface area contributed by atoms with Gasteiger partial charge in [-0.25, -0.2) is 5.01 Å². The Hall–Kier alpha value is -1.96. The zero-order valence-corrected chi connectivity index (χ0v) is 12.9. The molecule has 2 rings (SSSR count). The van der Waals surface area contributed by atoms with Crippen molar-refractivity contribution in [1.29, 1.82) is 0 Å². The van der Waals surface area contributed by atoms with Gasteiger partial charge in [0.15, 0.2) is 0 Å². The summed E-state index contributed by atoms with van der Waals surface area (Å²) >= 11 is 0. The molecule has 0 atom stereocenters. The second kappa shape index (κ2) is 6.87. The fraction of sp³-hybridized carbons (Fsp3) is 0.467. The van der Waals surface area contributed by atoms with E-state index in [1.54, 1.807) is 7.05 Å². The molecular weight excluding hydrogens is 284 g/mol. The molecule has 0 saturated carbocycles. The van der Waals surface area contributed by atoms with Crippen LogP contribution in [-0.2, 0) is 15.2 Å². The van der Waals surface area contributed by atoms with E-state index < -0.39 is 5.60 Å². The van der Waals surface area contributed by atoms with Crippen LogP contribution in [0.5, 0.6) is 0 Å². The molecule has 0 spiro atoms. The minimum atomic E-state index is -0.878. The molecule has 7 nitrogen and oxygen atoms in total. The molecule has 1 aliphatic heterocycles. The number of aliphatic hydroxyl groups is 1. The van der Waals surface area contributed by atoms with Crippen LogP contribution >= 0.6 is 0 Å². The fourth-order valence-electron chi connectivity index (χ4n) is 2.82. The minimum Gasteiger partial charge on any atom is -0.385 e. The van der Waals surface area contributed by atoms with E-state index >= 15 is 0 Å². The standard InChI is InChI=1S/C15H22N4O3/c1-13(21)19(17(2)16-12-20)18-10-8-15(22,9-11-18)14-6-4-3-5-7-14/h3-7,12,22H,8-11H2,1-2H3,(H,16,20). The molecule has 0 unspecified atom stereocenters. The average molecular weight is 306 g/mol. The van der Waals surface area contributed by atoms with Crippen molar-refractivity contribution < 1.29 is 14.7 Å². The van der Waals surface area contributed by atoms with E-state index in [0.717, 1.165) is 5.56 Å². The molecule has 22 heavy (non-hydrogen) atoms. The smallest absolute Gasteiger partial charge is 0.250 e. The SMILES string of the molecule is CC(=O)N(N1CCC(O)(c2ccccc2)CC1)N(C)NC=O. The van der Waals surface area contributed by atoms with Crippen LogP contribution in [0.1, 0.15) is 25.3 Å². The van der Waals surface area contributed by atoms with Gasteiger partial charge in [-0.15, -0.1) is 5.12 Å². The Morgan fingerprint density at radius 1 is 1.32 bits per heavy atom. The second-order valence-corrected chi connectivity index (χ2v) is 5.43. The Labute approximate surface area is 130 Å². The quantitative estimate of drug-likeness (QED) is 0.602. The van der Waals surface area contributed by atoms with Gasteiger partial charge in [-0.2, -0.15) is 5.12 Å². The highest BCUT2D eigenvalue weighted by Crippen LogP contribution is 2.33. The highest BCUT2D eigenvalue weighted by Gasteiger charge is 2.37. The van der Waals surface area contributed by atoms with Crippen LogP contribution in [-0.4, -0.2) is 52.8 Å². The first-order valence-corrected chi connectivity index (χ1v) is 7.25. The van der Waals surface area contributed by atoms with Crippen molar-refractivity contribution in [2.24, 2.45) is 0 Å². The number of carbonyl (C=O) groups excluding carboxylic acids is 2. The van der Waals surface area contributed by atoms with Crippen molar-refractivity contribution in [3.05, 3.63) is 35.9 Å². The van der Waals surface area contributed by atoms with E-state index in [1.807, 2.05) is 35.3 Å². The lowest BCUT2D eigenvalue weighted by Gasteiger charge is -2.44. The normalized spacial score (nSPS) is 18.0. The van der Waals surface area contributed by atoms with Gasteiger partial charge in [0.05, 0.1) is 5.60 Å². The summed E-state index contributed by atoms with van der Waals surface area (Å²) in [6, 6.07) is 9.56. The van der Waals surface area contributed by atoms with Crippen LogP contribution in [0.3, 0.4) is 0 Å². The lowest BCUT2D eigenvalue weighted by atomic mass is 9.85. The summed E-state index contributed by atoms with van der Waals surface area (Å²) < 4.78 is 0. The van der Waals surface area contributed by atoms with E-state index in [1.165, 1.54) is 17.2 Å². The molecule has 1 fully saturated rings. The number of hydrazine groups is 3. The third-order valence-corrected chi connectivity index (χ3v) is 3.95. The van der Waals surface area contributed by atoms with Crippen LogP contribution in [0, 0.1) is 0 Å². The number of benzene rings is 1. The summed E-state index contributed by atoms with van der Waals surface area (Å²) in [6.45, 7) is 2.45. The molecule has 1 heterocycles. The first kappa shape index (κ1) is 16.4. The van der Waals surface area contributed by atoms with Gasteiger partial charge in [-0.1, -0.05) is 30.3 Å². The number of rotatable bonds is 5. The van der Waals surface area contributed by atoms with Gasteiger partial charge < -0.3 is 5.11 Å². The minimum absolute atomic E-state index is 0.206. The van der Waals surface area contributed by atoms with Crippen LogP contribution in [0.2, 0.25) is 0 Å². The van der Waals surface area contributed by atoms with Gasteiger partial charge in [0.25, 0.3) is 0 Å². The first-order valence-electron chi connectivity index (χ1n) is 7.25. The molecule has 120 valence electrons. The van der Waals surface area contributed by atoms with E-state index in [9.17, 15) is 14.7 Å². The van der Waals surface area contributed by atoms with Gasteiger partial charge in [0, 0.05) is 27.1 Å². The molecule has 0 aliphatic carbocycles. The molecule has 1 aromatic carbocycles. The van der Waals surface area contributed by atoms with Crippen LogP contribution in [0.4, 0.5) is 0 Å². The predicted octanol–water partition coefficient (Wildman–Crippen LogP) is 0.241. The molecule has 2 N–H and O–H groups in total. The first-order chi connectivity index (χ1) is 10.5. The summed E-state index contributed by atoms with van der Waals surface area (Å²) in [7, 11) is 1.59. The Morgan fingerprint density at radius 2 is 1.91 bits per heavy atom. The van der Waals surface area contributed by atoms with Crippen molar-refractivity contribution in [3.8, 4) is 0 Å². The Balaban J connectivity index is 2.07. The van der Waals surface area contributed by atoms with Gasteiger partial charge in [0.2, 0.25) is 12.3 Å². The maximum absolute atomic E-state index is 11.8. The van der Waals surface area contributed by atoms with Gasteiger partial charge >= 0.3 is 0 Å². The van der Waals surface area contributed by atoms with Gasteiger partial charge in [-0.3, -0.25) is 15.0 Å². The van der Waals surface area contributed by atoms with Crippen molar-refractivity contribution in [2.45, 2.75) is 25.4 Å². The van der Waals surface area contributed by atoms with Gasteiger partial charge in [0.1, 0.15) is 0 Å². The van der Waals surface area contributed by atoms with E-state index in [-0.39, 0.29) is 5.91 Å². The molecule has 1 aliphatic rings. The highest BCUT2D eigenvalue weighted by molar-refractivity contribution is 5.72. The molecule has 7 heteroatoms. The predicted molar refractivity (Wildman–Crippen MR) is 80.6 cm³/mol. The maximum Gasteiger partial charge on any atom is 0.250 e.